The fourth-order valence-electron chi connectivity index (χ4n) is 1.48. The lowest BCUT2D eigenvalue weighted by Gasteiger charge is -1.97. The molecule has 1 aromatic rings. The first-order valence-electron chi connectivity index (χ1n) is 5.37. The normalized spacial score (nSPS) is 11.4. The van der Waals surface area contributed by atoms with Gasteiger partial charge < -0.3 is 0 Å². The number of carbonyl (C=O) groups is 1. The van der Waals surface area contributed by atoms with Crippen molar-refractivity contribution in [3.05, 3.63) is 45.2 Å². The van der Waals surface area contributed by atoms with Gasteiger partial charge in [-0.3, -0.25) is 4.79 Å². The van der Waals surface area contributed by atoms with E-state index in [9.17, 15) is 4.79 Å². The summed E-state index contributed by atoms with van der Waals surface area (Å²) >= 11 is 1.75. The van der Waals surface area contributed by atoms with Crippen LogP contribution >= 0.6 is 11.3 Å². The van der Waals surface area contributed by atoms with Gasteiger partial charge in [-0.1, -0.05) is 11.1 Å². The summed E-state index contributed by atoms with van der Waals surface area (Å²) in [6.45, 7) is 7.96. The fraction of sp³-hybridized carbons (Fsp3) is 0.357. The zero-order chi connectivity index (χ0) is 12.1. The van der Waals surface area contributed by atoms with Crippen LogP contribution in [-0.2, 0) is 11.2 Å². The standard InChI is InChI=1S/C14H18OS/c1-10(2)5-13(15)6-11(3)7-14-8-12(4)9-16-14/h5-6,8-9H,7H2,1-4H3. The van der Waals surface area contributed by atoms with E-state index in [1.54, 1.807) is 23.5 Å². The Labute approximate surface area is 102 Å². The van der Waals surface area contributed by atoms with Crippen LogP contribution in [0.25, 0.3) is 0 Å². The molecular weight excluding hydrogens is 216 g/mol. The van der Waals surface area contributed by atoms with Crippen molar-refractivity contribution in [1.29, 1.82) is 0 Å². The minimum absolute atomic E-state index is 0.0887. The van der Waals surface area contributed by atoms with Gasteiger partial charge in [-0.25, -0.2) is 0 Å². The first-order valence-corrected chi connectivity index (χ1v) is 6.25. The maximum Gasteiger partial charge on any atom is 0.178 e. The lowest BCUT2D eigenvalue weighted by Crippen LogP contribution is -1.91. The molecule has 2 heteroatoms. The van der Waals surface area contributed by atoms with Crippen LogP contribution in [0.1, 0.15) is 31.2 Å². The number of hydrogen-bond acceptors (Lipinski definition) is 2. The SMILES string of the molecule is CC(C)=CC(=O)C=C(C)Cc1cc(C)cs1. The van der Waals surface area contributed by atoms with Gasteiger partial charge in [0.05, 0.1) is 0 Å². The number of thiophene rings is 1. The molecule has 0 amide bonds. The summed E-state index contributed by atoms with van der Waals surface area (Å²) in [4.78, 5) is 12.8. The Balaban J connectivity index is 2.65. The third-order valence-corrected chi connectivity index (χ3v) is 3.11. The largest absolute Gasteiger partial charge is 0.290 e. The molecule has 16 heavy (non-hydrogen) atoms. The van der Waals surface area contributed by atoms with Gasteiger partial charge in [-0.05, 0) is 56.9 Å². The van der Waals surface area contributed by atoms with Gasteiger partial charge in [0, 0.05) is 11.3 Å². The number of ketones is 1. The Morgan fingerprint density at radius 1 is 1.31 bits per heavy atom. The third-order valence-electron chi connectivity index (χ3n) is 2.06. The van der Waals surface area contributed by atoms with Gasteiger partial charge in [0.25, 0.3) is 0 Å². The van der Waals surface area contributed by atoms with Crippen LogP contribution < -0.4 is 0 Å². The Morgan fingerprint density at radius 3 is 2.50 bits per heavy atom. The monoisotopic (exact) mass is 234 g/mol. The van der Waals surface area contributed by atoms with Gasteiger partial charge in [0.1, 0.15) is 0 Å². The molecule has 0 spiro atoms. The van der Waals surface area contributed by atoms with Crippen LogP contribution in [0.15, 0.2) is 34.7 Å². The number of aryl methyl sites for hydroxylation is 1. The molecule has 0 aliphatic rings. The maximum atomic E-state index is 11.5. The van der Waals surface area contributed by atoms with Crippen molar-refractivity contribution in [2.45, 2.75) is 34.1 Å². The van der Waals surface area contributed by atoms with E-state index in [0.717, 1.165) is 17.6 Å². The Kier molecular flexibility index (Phi) is 4.69. The molecule has 86 valence electrons. The highest BCUT2D eigenvalue weighted by atomic mass is 32.1. The van der Waals surface area contributed by atoms with E-state index in [4.69, 9.17) is 0 Å². The Morgan fingerprint density at radius 2 is 2.00 bits per heavy atom. The molecule has 1 rings (SSSR count). The van der Waals surface area contributed by atoms with Crippen molar-refractivity contribution in [3.63, 3.8) is 0 Å². The van der Waals surface area contributed by atoms with Gasteiger partial charge in [0.2, 0.25) is 0 Å². The zero-order valence-corrected chi connectivity index (χ0v) is 11.1. The lowest BCUT2D eigenvalue weighted by molar-refractivity contribution is -0.110. The highest BCUT2D eigenvalue weighted by molar-refractivity contribution is 7.10. The van der Waals surface area contributed by atoms with E-state index >= 15 is 0 Å². The van der Waals surface area contributed by atoms with Crippen molar-refractivity contribution in [1.82, 2.24) is 0 Å². The lowest BCUT2D eigenvalue weighted by atomic mass is 10.1. The molecular formula is C14H18OS. The molecule has 0 atom stereocenters. The highest BCUT2D eigenvalue weighted by Crippen LogP contribution is 2.17. The van der Waals surface area contributed by atoms with Crippen LogP contribution in [0.4, 0.5) is 0 Å². The average Bonchev–Trinajstić information content (AvgIpc) is 2.48. The Bertz CT molecular complexity index is 431. The molecule has 1 heterocycles. The third kappa shape index (κ3) is 4.58. The van der Waals surface area contributed by atoms with Gasteiger partial charge in [-0.2, -0.15) is 0 Å². The molecule has 0 N–H and O–H groups in total. The first-order chi connectivity index (χ1) is 7.47. The first kappa shape index (κ1) is 12.9. The minimum atomic E-state index is 0.0887. The average molecular weight is 234 g/mol. The molecule has 0 bridgehead atoms. The smallest absolute Gasteiger partial charge is 0.178 e. The van der Waals surface area contributed by atoms with Crippen molar-refractivity contribution in [2.75, 3.05) is 0 Å². The van der Waals surface area contributed by atoms with Crippen LogP contribution in [0.5, 0.6) is 0 Å². The molecule has 0 fully saturated rings. The minimum Gasteiger partial charge on any atom is -0.290 e. The summed E-state index contributed by atoms with van der Waals surface area (Å²) in [5.41, 5.74) is 3.45. The second kappa shape index (κ2) is 5.80. The van der Waals surface area contributed by atoms with Crippen molar-refractivity contribution < 1.29 is 4.79 Å². The van der Waals surface area contributed by atoms with Crippen LogP contribution in [0.2, 0.25) is 0 Å². The molecule has 0 saturated heterocycles. The van der Waals surface area contributed by atoms with E-state index < -0.39 is 0 Å². The summed E-state index contributed by atoms with van der Waals surface area (Å²) < 4.78 is 0. The van der Waals surface area contributed by atoms with E-state index in [1.165, 1.54) is 10.4 Å². The molecule has 0 aromatic carbocycles. The molecule has 0 unspecified atom stereocenters. The van der Waals surface area contributed by atoms with Crippen molar-refractivity contribution >= 4 is 17.1 Å². The number of allylic oxidation sites excluding steroid dienone is 4. The van der Waals surface area contributed by atoms with Gasteiger partial charge >= 0.3 is 0 Å². The zero-order valence-electron chi connectivity index (χ0n) is 10.3. The summed E-state index contributed by atoms with van der Waals surface area (Å²) in [5.74, 6) is 0.0887. The van der Waals surface area contributed by atoms with Gasteiger partial charge in [0.15, 0.2) is 5.78 Å². The Hall–Kier alpha value is -1.15. The second-order valence-corrected chi connectivity index (χ2v) is 5.38. The molecule has 0 radical (unpaired) electrons. The predicted octanol–water partition coefficient (Wildman–Crippen LogP) is 4.08. The van der Waals surface area contributed by atoms with E-state index in [0.29, 0.717) is 0 Å². The molecule has 1 nitrogen and oxygen atoms in total. The van der Waals surface area contributed by atoms with Crippen molar-refractivity contribution in [3.8, 4) is 0 Å². The number of rotatable bonds is 4. The molecule has 0 aliphatic carbocycles. The predicted molar refractivity (Wildman–Crippen MR) is 71.0 cm³/mol. The number of carbonyl (C=O) groups excluding carboxylic acids is 1. The van der Waals surface area contributed by atoms with Crippen molar-refractivity contribution in [2.24, 2.45) is 0 Å². The molecule has 0 aliphatic heterocycles. The quantitative estimate of drug-likeness (QED) is 0.717. The fourth-order valence-corrected chi connectivity index (χ4v) is 2.45. The van der Waals surface area contributed by atoms with Crippen LogP contribution in [0.3, 0.4) is 0 Å². The summed E-state index contributed by atoms with van der Waals surface area (Å²) in [6, 6.07) is 2.17. The summed E-state index contributed by atoms with van der Waals surface area (Å²) in [5, 5.41) is 2.14. The topological polar surface area (TPSA) is 17.1 Å². The number of hydrogen-bond donors (Lipinski definition) is 0. The van der Waals surface area contributed by atoms with E-state index in [1.807, 2.05) is 20.8 Å². The summed E-state index contributed by atoms with van der Waals surface area (Å²) in [7, 11) is 0. The van der Waals surface area contributed by atoms with E-state index in [2.05, 4.69) is 18.4 Å². The molecule has 1 aromatic heterocycles. The molecule has 0 saturated carbocycles. The summed E-state index contributed by atoms with van der Waals surface area (Å²) in [6.07, 6.45) is 4.27. The van der Waals surface area contributed by atoms with E-state index in [-0.39, 0.29) is 5.78 Å². The van der Waals surface area contributed by atoms with Gasteiger partial charge in [-0.15, -0.1) is 11.3 Å². The van der Waals surface area contributed by atoms with Crippen LogP contribution in [-0.4, -0.2) is 5.78 Å². The van der Waals surface area contributed by atoms with Crippen LogP contribution in [0, 0.1) is 6.92 Å². The highest BCUT2D eigenvalue weighted by Gasteiger charge is 2.00. The maximum absolute atomic E-state index is 11.5. The second-order valence-electron chi connectivity index (χ2n) is 4.38.